The van der Waals surface area contributed by atoms with Crippen molar-refractivity contribution < 1.29 is 0 Å². The number of aliphatic imine (C=N–C) groups is 1. The zero-order valence-electron chi connectivity index (χ0n) is 9.43. The van der Waals surface area contributed by atoms with Crippen LogP contribution in [0.3, 0.4) is 0 Å². The van der Waals surface area contributed by atoms with E-state index in [9.17, 15) is 0 Å². The minimum Gasteiger partial charge on any atom is -0.370 e. The molecule has 0 amide bonds. The Morgan fingerprint density at radius 2 is 2.12 bits per heavy atom. The Labute approximate surface area is 124 Å². The van der Waals surface area contributed by atoms with Crippen LogP contribution in [0.5, 0.6) is 0 Å². The highest BCUT2D eigenvalue weighted by Gasteiger charge is 1.92. The Morgan fingerprint density at radius 3 is 2.76 bits per heavy atom. The van der Waals surface area contributed by atoms with Gasteiger partial charge in [-0.1, -0.05) is 24.1 Å². The molecule has 0 saturated carbocycles. The van der Waals surface area contributed by atoms with Crippen LogP contribution in [0.15, 0.2) is 35.3 Å². The molecule has 5 heteroatoms. The van der Waals surface area contributed by atoms with Crippen molar-refractivity contribution in [3.05, 3.63) is 30.3 Å². The first-order valence-corrected chi connectivity index (χ1v) is 6.11. The molecule has 0 fully saturated rings. The zero-order valence-corrected chi connectivity index (χ0v) is 12.6. The number of benzene rings is 1. The van der Waals surface area contributed by atoms with Crippen molar-refractivity contribution in [3.8, 4) is 12.3 Å². The number of hydrogen-bond donors (Lipinski definition) is 2. The SMILES string of the molecule is C#CCSCCN=C(N)Nc1ccccc1.I. The second-order valence-electron chi connectivity index (χ2n) is 3.01. The van der Waals surface area contributed by atoms with Gasteiger partial charge in [-0.25, -0.2) is 0 Å². The number of anilines is 1. The molecular weight excluding hydrogens is 345 g/mol. The number of terminal acetylenes is 1. The minimum absolute atomic E-state index is 0. The van der Waals surface area contributed by atoms with Gasteiger partial charge in [0.05, 0.1) is 12.3 Å². The Kier molecular flexibility index (Phi) is 9.77. The number of rotatable bonds is 5. The van der Waals surface area contributed by atoms with Crippen LogP contribution in [0.2, 0.25) is 0 Å². The topological polar surface area (TPSA) is 50.4 Å². The van der Waals surface area contributed by atoms with Crippen molar-refractivity contribution in [2.24, 2.45) is 10.7 Å². The number of guanidine groups is 1. The van der Waals surface area contributed by atoms with Gasteiger partial charge >= 0.3 is 0 Å². The van der Waals surface area contributed by atoms with E-state index < -0.39 is 0 Å². The smallest absolute Gasteiger partial charge is 0.193 e. The lowest BCUT2D eigenvalue weighted by Gasteiger charge is -2.04. The van der Waals surface area contributed by atoms with Crippen molar-refractivity contribution in [2.45, 2.75) is 0 Å². The van der Waals surface area contributed by atoms with E-state index in [-0.39, 0.29) is 24.0 Å². The van der Waals surface area contributed by atoms with E-state index in [2.05, 4.69) is 16.2 Å². The van der Waals surface area contributed by atoms with E-state index in [4.69, 9.17) is 12.2 Å². The second kappa shape index (κ2) is 10.3. The summed E-state index contributed by atoms with van der Waals surface area (Å²) in [6, 6.07) is 9.72. The molecule has 0 saturated heterocycles. The summed E-state index contributed by atoms with van der Waals surface area (Å²) in [5.74, 6) is 4.61. The Balaban J connectivity index is 0.00000256. The minimum atomic E-state index is 0. The van der Waals surface area contributed by atoms with Crippen molar-refractivity contribution in [1.82, 2.24) is 0 Å². The van der Waals surface area contributed by atoms with E-state index in [1.54, 1.807) is 11.8 Å². The summed E-state index contributed by atoms with van der Waals surface area (Å²) in [7, 11) is 0. The lowest BCUT2D eigenvalue weighted by Crippen LogP contribution is -2.23. The van der Waals surface area contributed by atoms with Crippen molar-refractivity contribution >= 4 is 47.4 Å². The highest BCUT2D eigenvalue weighted by molar-refractivity contribution is 14.0. The molecule has 92 valence electrons. The summed E-state index contributed by atoms with van der Waals surface area (Å²) in [5, 5.41) is 3.01. The molecule has 0 bridgehead atoms. The normalized spacial score (nSPS) is 10.2. The van der Waals surface area contributed by atoms with Crippen LogP contribution >= 0.6 is 35.7 Å². The third kappa shape index (κ3) is 7.94. The number of nitrogens with zero attached hydrogens (tertiary/aromatic N) is 1. The average molecular weight is 361 g/mol. The molecule has 0 aliphatic heterocycles. The van der Waals surface area contributed by atoms with Crippen LogP contribution in [-0.4, -0.2) is 24.0 Å². The van der Waals surface area contributed by atoms with Crippen molar-refractivity contribution in [1.29, 1.82) is 0 Å². The molecule has 1 aromatic carbocycles. The van der Waals surface area contributed by atoms with Gasteiger partial charge < -0.3 is 11.1 Å². The van der Waals surface area contributed by atoms with E-state index in [0.717, 1.165) is 17.2 Å². The molecule has 3 N–H and O–H groups in total. The summed E-state index contributed by atoms with van der Waals surface area (Å²) in [4.78, 5) is 4.19. The van der Waals surface area contributed by atoms with Gasteiger partial charge in [0.25, 0.3) is 0 Å². The number of nitrogens with one attached hydrogen (secondary N) is 1. The molecule has 0 unspecified atom stereocenters. The zero-order chi connectivity index (χ0) is 11.6. The van der Waals surface area contributed by atoms with Crippen molar-refractivity contribution in [3.63, 3.8) is 0 Å². The second-order valence-corrected chi connectivity index (χ2v) is 4.12. The Hall–Kier alpha value is -0.870. The van der Waals surface area contributed by atoms with Gasteiger partial charge in [-0.15, -0.1) is 42.2 Å². The maximum atomic E-state index is 5.71. The van der Waals surface area contributed by atoms with Gasteiger partial charge in [0.1, 0.15) is 0 Å². The molecule has 0 aromatic heterocycles. The third-order valence-electron chi connectivity index (χ3n) is 1.75. The molecule has 0 aliphatic rings. The van der Waals surface area contributed by atoms with Crippen LogP contribution < -0.4 is 11.1 Å². The lowest BCUT2D eigenvalue weighted by molar-refractivity contribution is 1.13. The highest BCUT2D eigenvalue weighted by Crippen LogP contribution is 2.04. The molecule has 17 heavy (non-hydrogen) atoms. The summed E-state index contributed by atoms with van der Waals surface area (Å²) < 4.78 is 0. The van der Waals surface area contributed by atoms with E-state index in [1.165, 1.54) is 0 Å². The molecule has 0 aliphatic carbocycles. The summed E-state index contributed by atoms with van der Waals surface area (Å²) in [6.07, 6.45) is 5.13. The van der Waals surface area contributed by atoms with Crippen LogP contribution in [-0.2, 0) is 0 Å². The monoisotopic (exact) mass is 361 g/mol. The largest absolute Gasteiger partial charge is 0.370 e. The predicted octanol–water partition coefficient (Wildman–Crippen LogP) is 2.40. The number of para-hydroxylation sites is 1. The molecule has 0 radical (unpaired) electrons. The fourth-order valence-electron chi connectivity index (χ4n) is 1.07. The van der Waals surface area contributed by atoms with Gasteiger partial charge in [-0.3, -0.25) is 4.99 Å². The molecule has 1 rings (SSSR count). The number of hydrogen-bond acceptors (Lipinski definition) is 2. The van der Waals surface area contributed by atoms with Crippen molar-refractivity contribution in [2.75, 3.05) is 23.4 Å². The van der Waals surface area contributed by atoms with E-state index in [0.29, 0.717) is 12.5 Å². The van der Waals surface area contributed by atoms with Gasteiger partial charge in [0.2, 0.25) is 0 Å². The maximum absolute atomic E-state index is 5.71. The Bertz CT molecular complexity index is 373. The average Bonchev–Trinajstić information content (AvgIpc) is 2.30. The first kappa shape index (κ1) is 16.1. The standard InChI is InChI=1S/C12H15N3S.HI/c1-2-9-16-10-8-14-12(13)15-11-6-4-3-5-7-11;/h1,3-7H,8-10H2,(H3,13,14,15);1H. The van der Waals surface area contributed by atoms with Gasteiger partial charge in [-0.05, 0) is 12.1 Å². The molecule has 1 aromatic rings. The maximum Gasteiger partial charge on any atom is 0.193 e. The highest BCUT2D eigenvalue weighted by atomic mass is 127. The first-order valence-electron chi connectivity index (χ1n) is 4.96. The molecule has 0 heterocycles. The molecular formula is C12H16IN3S. The van der Waals surface area contributed by atoms with Crippen LogP contribution in [0.1, 0.15) is 0 Å². The van der Waals surface area contributed by atoms with Gasteiger partial charge in [0.15, 0.2) is 5.96 Å². The number of halogens is 1. The number of thioether (sulfide) groups is 1. The molecule has 3 nitrogen and oxygen atoms in total. The van der Waals surface area contributed by atoms with Crippen LogP contribution in [0, 0.1) is 12.3 Å². The summed E-state index contributed by atoms with van der Waals surface area (Å²) in [5.41, 5.74) is 6.65. The van der Waals surface area contributed by atoms with E-state index >= 15 is 0 Å². The molecule has 0 spiro atoms. The number of nitrogens with two attached hydrogens (primary N) is 1. The molecule has 0 atom stereocenters. The fraction of sp³-hybridized carbons (Fsp3) is 0.250. The first-order chi connectivity index (χ1) is 7.83. The Morgan fingerprint density at radius 1 is 1.41 bits per heavy atom. The van der Waals surface area contributed by atoms with Gasteiger partial charge in [-0.2, -0.15) is 0 Å². The fourth-order valence-corrected chi connectivity index (χ4v) is 1.55. The van der Waals surface area contributed by atoms with Crippen LogP contribution in [0.25, 0.3) is 0 Å². The predicted molar refractivity (Wildman–Crippen MR) is 88.1 cm³/mol. The van der Waals surface area contributed by atoms with E-state index in [1.807, 2.05) is 30.3 Å². The van der Waals surface area contributed by atoms with Gasteiger partial charge in [0, 0.05) is 11.4 Å². The lowest BCUT2D eigenvalue weighted by atomic mass is 10.3. The quantitative estimate of drug-likeness (QED) is 0.278. The third-order valence-corrected chi connectivity index (χ3v) is 2.59. The summed E-state index contributed by atoms with van der Waals surface area (Å²) in [6.45, 7) is 0.679. The summed E-state index contributed by atoms with van der Waals surface area (Å²) >= 11 is 1.68. The van der Waals surface area contributed by atoms with Crippen LogP contribution in [0.4, 0.5) is 5.69 Å².